The Labute approximate surface area is 143 Å². The molecule has 2 heterocycles. The van der Waals surface area contributed by atoms with Gasteiger partial charge in [-0.1, -0.05) is 13.8 Å². The topological polar surface area (TPSA) is 49.4 Å². The van der Waals surface area contributed by atoms with Crippen LogP contribution in [0.25, 0.3) is 0 Å². The van der Waals surface area contributed by atoms with E-state index in [9.17, 15) is 8.42 Å². The molecule has 21 heavy (non-hydrogen) atoms. The molecule has 2 atom stereocenters. The number of nitrogens with zero attached hydrogens (tertiary/aromatic N) is 1. The highest BCUT2D eigenvalue weighted by Gasteiger charge is 2.36. The fourth-order valence-corrected chi connectivity index (χ4v) is 7.88. The Bertz CT molecular complexity index is 588. The molecule has 0 amide bonds. The quantitative estimate of drug-likeness (QED) is 0.806. The Balaban J connectivity index is 2.28. The molecule has 1 aromatic rings. The molecule has 1 aromatic heterocycles. The van der Waals surface area contributed by atoms with Crippen LogP contribution in [0, 0.1) is 0 Å². The predicted octanol–water partition coefficient (Wildman–Crippen LogP) is 3.13. The van der Waals surface area contributed by atoms with Gasteiger partial charge in [-0.2, -0.15) is 16.1 Å². The van der Waals surface area contributed by atoms with E-state index in [2.05, 4.69) is 28.2 Å². The van der Waals surface area contributed by atoms with Gasteiger partial charge in [0.05, 0.1) is 3.79 Å². The van der Waals surface area contributed by atoms with Crippen LogP contribution in [-0.4, -0.2) is 42.9 Å². The maximum absolute atomic E-state index is 12.9. The van der Waals surface area contributed by atoms with Gasteiger partial charge in [0.25, 0.3) is 0 Å². The molecule has 8 heteroatoms. The molecule has 1 fully saturated rings. The monoisotopic (exact) mass is 412 g/mol. The summed E-state index contributed by atoms with van der Waals surface area (Å²) in [4.78, 5) is 1.45. The average molecular weight is 413 g/mol. The third-order valence-corrected chi connectivity index (χ3v) is 9.24. The van der Waals surface area contributed by atoms with E-state index in [1.54, 1.807) is 10.4 Å². The van der Waals surface area contributed by atoms with Crippen LogP contribution in [0.4, 0.5) is 0 Å². The lowest BCUT2D eigenvalue weighted by molar-refractivity contribution is 0.340. The number of halogens is 1. The molecule has 4 nitrogen and oxygen atoms in total. The highest BCUT2D eigenvalue weighted by Crippen LogP contribution is 2.36. The first-order valence-electron chi connectivity index (χ1n) is 7.00. The second kappa shape index (κ2) is 7.31. The number of hydrogen-bond acceptors (Lipinski definition) is 5. The molecule has 0 radical (unpaired) electrons. The van der Waals surface area contributed by atoms with Crippen molar-refractivity contribution in [3.63, 3.8) is 0 Å². The van der Waals surface area contributed by atoms with E-state index < -0.39 is 10.0 Å². The van der Waals surface area contributed by atoms with E-state index in [-0.39, 0.29) is 6.04 Å². The van der Waals surface area contributed by atoms with Crippen LogP contribution >= 0.6 is 39.0 Å². The van der Waals surface area contributed by atoms with E-state index in [4.69, 9.17) is 0 Å². The van der Waals surface area contributed by atoms with Crippen LogP contribution in [0.3, 0.4) is 0 Å². The van der Waals surface area contributed by atoms with Crippen molar-refractivity contribution in [1.29, 1.82) is 0 Å². The lowest BCUT2D eigenvalue weighted by Gasteiger charge is -2.36. The van der Waals surface area contributed by atoms with Crippen LogP contribution in [0.15, 0.2) is 14.7 Å². The Morgan fingerprint density at radius 1 is 1.48 bits per heavy atom. The molecule has 0 saturated carbocycles. The maximum atomic E-state index is 12.9. The first kappa shape index (κ1) is 17.7. The lowest BCUT2D eigenvalue weighted by Crippen LogP contribution is -2.47. The van der Waals surface area contributed by atoms with Crippen LogP contribution in [0.2, 0.25) is 0 Å². The second-order valence-corrected chi connectivity index (χ2v) is 10.9. The molecule has 1 aliphatic rings. The molecule has 1 N–H and O–H groups in total. The van der Waals surface area contributed by atoms with Crippen molar-refractivity contribution in [2.45, 2.75) is 43.5 Å². The summed E-state index contributed by atoms with van der Waals surface area (Å²) < 4.78 is 28.2. The van der Waals surface area contributed by atoms with E-state index in [0.29, 0.717) is 27.0 Å². The minimum absolute atomic E-state index is 0.0257. The third kappa shape index (κ3) is 3.84. The summed E-state index contributed by atoms with van der Waals surface area (Å²) in [5.74, 6) is 0.858. The smallest absolute Gasteiger partial charge is 0.245 e. The number of nitrogens with one attached hydrogen (secondary N) is 1. The summed E-state index contributed by atoms with van der Waals surface area (Å²) in [7, 11) is -3.42. The molecule has 0 aliphatic carbocycles. The van der Waals surface area contributed by atoms with Gasteiger partial charge in [0.2, 0.25) is 10.0 Å². The molecule has 0 aromatic carbocycles. The summed E-state index contributed by atoms with van der Waals surface area (Å²) in [6.07, 6.45) is 0. The molecule has 0 spiro atoms. The average Bonchev–Trinajstić information content (AvgIpc) is 2.81. The van der Waals surface area contributed by atoms with Gasteiger partial charge >= 0.3 is 0 Å². The van der Waals surface area contributed by atoms with Crippen molar-refractivity contribution in [3.8, 4) is 0 Å². The molecule has 0 bridgehead atoms. The Kier molecular flexibility index (Phi) is 6.18. The molecule has 1 saturated heterocycles. The minimum Gasteiger partial charge on any atom is -0.312 e. The molecule has 2 rings (SSSR count). The number of sulfonamides is 1. The van der Waals surface area contributed by atoms with Crippen molar-refractivity contribution < 1.29 is 8.42 Å². The lowest BCUT2D eigenvalue weighted by atomic mass is 10.2. The van der Waals surface area contributed by atoms with Gasteiger partial charge in [-0.15, -0.1) is 11.3 Å². The summed E-state index contributed by atoms with van der Waals surface area (Å²) in [5.41, 5.74) is 0. The van der Waals surface area contributed by atoms with Crippen LogP contribution in [0.1, 0.15) is 25.6 Å². The van der Waals surface area contributed by atoms with Gasteiger partial charge in [0.1, 0.15) is 4.90 Å². The van der Waals surface area contributed by atoms with Gasteiger partial charge < -0.3 is 5.32 Å². The molecule has 120 valence electrons. The van der Waals surface area contributed by atoms with Crippen molar-refractivity contribution in [2.75, 3.05) is 18.8 Å². The number of thiophene rings is 1. The minimum atomic E-state index is -3.42. The van der Waals surface area contributed by atoms with Crippen molar-refractivity contribution in [2.24, 2.45) is 0 Å². The largest absolute Gasteiger partial charge is 0.312 e. The highest BCUT2D eigenvalue weighted by atomic mass is 79.9. The van der Waals surface area contributed by atoms with Crippen LogP contribution < -0.4 is 5.32 Å². The second-order valence-electron chi connectivity index (χ2n) is 5.06. The normalized spacial score (nSPS) is 24.4. The summed E-state index contributed by atoms with van der Waals surface area (Å²) in [5, 5.41) is 3.56. The summed E-state index contributed by atoms with van der Waals surface area (Å²) >= 11 is 6.75. The van der Waals surface area contributed by atoms with Crippen molar-refractivity contribution in [1.82, 2.24) is 9.62 Å². The zero-order chi connectivity index (χ0) is 15.6. The molecule has 2 unspecified atom stereocenters. The van der Waals surface area contributed by atoms with Gasteiger partial charge in [-0.05, 0) is 35.5 Å². The van der Waals surface area contributed by atoms with Crippen molar-refractivity contribution in [3.05, 3.63) is 14.7 Å². The summed E-state index contributed by atoms with van der Waals surface area (Å²) in [6.45, 7) is 8.29. The first-order chi connectivity index (χ1) is 9.87. The molecule has 1 aliphatic heterocycles. The van der Waals surface area contributed by atoms with Gasteiger partial charge in [-0.3, -0.25) is 0 Å². The van der Waals surface area contributed by atoms with Gasteiger partial charge in [0, 0.05) is 35.0 Å². The fraction of sp³-hybridized carbons (Fsp3) is 0.692. The van der Waals surface area contributed by atoms with Gasteiger partial charge in [0.15, 0.2) is 0 Å². The molecular weight excluding hydrogens is 392 g/mol. The third-order valence-electron chi connectivity index (χ3n) is 3.67. The van der Waals surface area contributed by atoms with Gasteiger partial charge in [-0.25, -0.2) is 8.42 Å². The number of hydrogen-bond donors (Lipinski definition) is 1. The van der Waals surface area contributed by atoms with E-state index >= 15 is 0 Å². The highest BCUT2D eigenvalue weighted by molar-refractivity contribution is 9.11. The predicted molar refractivity (Wildman–Crippen MR) is 94.7 cm³/mol. The zero-order valence-electron chi connectivity index (χ0n) is 12.4. The first-order valence-corrected chi connectivity index (χ1v) is 11.1. The SMILES string of the molecule is CCNCc1cc(S(=O)(=O)N2CCSC(C)C2C)c(Br)s1. The van der Waals surface area contributed by atoms with E-state index in [0.717, 1.165) is 17.2 Å². The standard InChI is InChI=1S/C13H21BrN2O2S3/c1-4-15-8-11-7-12(13(14)20-11)21(17,18)16-5-6-19-10(3)9(16)2/h7,9-10,15H,4-6,8H2,1-3H3. The summed E-state index contributed by atoms with van der Waals surface area (Å²) in [6, 6.07) is 1.82. The number of thioether (sulfide) groups is 1. The fourth-order valence-electron chi connectivity index (χ4n) is 2.28. The van der Waals surface area contributed by atoms with E-state index in [1.807, 2.05) is 25.6 Å². The van der Waals surface area contributed by atoms with E-state index in [1.165, 1.54) is 11.3 Å². The van der Waals surface area contributed by atoms with Crippen molar-refractivity contribution >= 4 is 49.1 Å². The Morgan fingerprint density at radius 2 is 2.19 bits per heavy atom. The zero-order valence-corrected chi connectivity index (χ0v) is 16.5. The van der Waals surface area contributed by atoms with Crippen LogP contribution in [-0.2, 0) is 16.6 Å². The molecular formula is C13H21BrN2O2S3. The Morgan fingerprint density at radius 3 is 2.86 bits per heavy atom. The number of rotatable bonds is 5. The van der Waals surface area contributed by atoms with Crippen LogP contribution in [0.5, 0.6) is 0 Å². The maximum Gasteiger partial charge on any atom is 0.245 e. The Hall–Kier alpha value is 0.400.